The summed E-state index contributed by atoms with van der Waals surface area (Å²) >= 11 is 0. The van der Waals surface area contributed by atoms with E-state index < -0.39 is 16.1 Å². The molecule has 0 spiro atoms. The lowest BCUT2D eigenvalue weighted by molar-refractivity contribution is -0.142. The quantitative estimate of drug-likeness (QED) is 0.656. The van der Waals surface area contributed by atoms with Gasteiger partial charge in [0, 0.05) is 45.0 Å². The van der Waals surface area contributed by atoms with Crippen LogP contribution in [0.4, 0.5) is 5.69 Å². The van der Waals surface area contributed by atoms with E-state index in [0.717, 1.165) is 5.69 Å². The lowest BCUT2D eigenvalue weighted by Gasteiger charge is -2.35. The number of morpholine rings is 1. The molecule has 8 nitrogen and oxygen atoms in total. The number of rotatable bonds is 6. The Bertz CT molecular complexity index is 1000. The van der Waals surface area contributed by atoms with E-state index in [4.69, 9.17) is 9.47 Å². The highest BCUT2D eigenvalue weighted by Gasteiger charge is 2.29. The van der Waals surface area contributed by atoms with E-state index in [2.05, 4.69) is 4.90 Å². The first-order valence-electron chi connectivity index (χ1n) is 10.9. The van der Waals surface area contributed by atoms with Gasteiger partial charge in [-0.1, -0.05) is 18.2 Å². The first-order chi connectivity index (χ1) is 15.4. The SMILES string of the molecule is C[C@H](Oc1ccc(S(=O)(=O)N2CCN(c3ccccc3)CC2)cc1)C(=O)N1CCOCC1. The molecular formula is C23H29N3O5S. The minimum atomic E-state index is -3.58. The lowest BCUT2D eigenvalue weighted by atomic mass is 10.2. The molecule has 2 heterocycles. The fourth-order valence-electron chi connectivity index (χ4n) is 3.96. The van der Waals surface area contributed by atoms with Crippen molar-refractivity contribution in [2.24, 2.45) is 0 Å². The zero-order chi connectivity index (χ0) is 22.6. The molecule has 0 aromatic heterocycles. The molecule has 2 aromatic carbocycles. The van der Waals surface area contributed by atoms with Gasteiger partial charge in [0.15, 0.2) is 6.10 Å². The van der Waals surface area contributed by atoms with Crippen LogP contribution in [-0.2, 0) is 19.6 Å². The van der Waals surface area contributed by atoms with Gasteiger partial charge in [0.2, 0.25) is 10.0 Å². The Morgan fingerprint density at radius 1 is 0.906 bits per heavy atom. The van der Waals surface area contributed by atoms with E-state index in [-0.39, 0.29) is 10.8 Å². The van der Waals surface area contributed by atoms with Crippen molar-refractivity contribution in [2.75, 3.05) is 57.4 Å². The van der Waals surface area contributed by atoms with Gasteiger partial charge in [-0.25, -0.2) is 8.42 Å². The van der Waals surface area contributed by atoms with E-state index in [1.54, 1.807) is 36.1 Å². The van der Waals surface area contributed by atoms with Gasteiger partial charge in [-0.05, 0) is 43.3 Å². The van der Waals surface area contributed by atoms with Crippen LogP contribution in [0.2, 0.25) is 0 Å². The standard InChI is InChI=1S/C23H29N3O5S/c1-19(23(27)25-15-17-30-18-16-25)31-21-7-9-22(10-8-21)32(28,29)26-13-11-24(12-14-26)20-5-3-2-4-6-20/h2-10,19H,11-18H2,1H3/t19-/m0/s1. The summed E-state index contributed by atoms with van der Waals surface area (Å²) in [4.78, 5) is 16.6. The molecule has 2 aliphatic rings. The summed E-state index contributed by atoms with van der Waals surface area (Å²) in [6, 6.07) is 16.3. The van der Waals surface area contributed by atoms with E-state index in [1.807, 2.05) is 30.3 Å². The molecule has 32 heavy (non-hydrogen) atoms. The van der Waals surface area contributed by atoms with Crippen molar-refractivity contribution in [1.82, 2.24) is 9.21 Å². The largest absolute Gasteiger partial charge is 0.481 e. The average Bonchev–Trinajstić information content (AvgIpc) is 2.85. The van der Waals surface area contributed by atoms with Crippen molar-refractivity contribution < 1.29 is 22.7 Å². The van der Waals surface area contributed by atoms with Crippen molar-refractivity contribution in [3.63, 3.8) is 0 Å². The van der Waals surface area contributed by atoms with Crippen LogP contribution in [0.25, 0.3) is 0 Å². The van der Waals surface area contributed by atoms with Crippen LogP contribution in [-0.4, -0.2) is 82.1 Å². The van der Waals surface area contributed by atoms with Gasteiger partial charge in [0.25, 0.3) is 5.91 Å². The molecule has 0 N–H and O–H groups in total. The summed E-state index contributed by atoms with van der Waals surface area (Å²) in [7, 11) is -3.58. The van der Waals surface area contributed by atoms with Crippen LogP contribution in [0.3, 0.4) is 0 Å². The molecule has 9 heteroatoms. The van der Waals surface area contributed by atoms with Gasteiger partial charge in [0.05, 0.1) is 18.1 Å². The lowest BCUT2D eigenvalue weighted by Crippen LogP contribution is -2.48. The van der Waals surface area contributed by atoms with Crippen LogP contribution in [0.15, 0.2) is 59.5 Å². The zero-order valence-corrected chi connectivity index (χ0v) is 19.0. The Kier molecular flexibility index (Phi) is 6.98. The number of amides is 1. The Labute approximate surface area is 189 Å². The second-order valence-electron chi connectivity index (χ2n) is 7.90. The molecule has 2 aromatic rings. The summed E-state index contributed by atoms with van der Waals surface area (Å²) in [5.74, 6) is 0.369. The van der Waals surface area contributed by atoms with Crippen molar-refractivity contribution >= 4 is 21.6 Å². The molecule has 1 atom stereocenters. The number of hydrogen-bond acceptors (Lipinski definition) is 6. The molecule has 2 saturated heterocycles. The maximum absolute atomic E-state index is 13.1. The minimum Gasteiger partial charge on any atom is -0.481 e. The van der Waals surface area contributed by atoms with Crippen molar-refractivity contribution in [3.8, 4) is 5.75 Å². The highest BCUT2D eigenvalue weighted by Crippen LogP contribution is 2.23. The van der Waals surface area contributed by atoms with Gasteiger partial charge in [-0.2, -0.15) is 4.31 Å². The average molecular weight is 460 g/mol. The summed E-state index contributed by atoms with van der Waals surface area (Å²) in [6.45, 7) is 6.03. The Hall–Kier alpha value is -2.62. The predicted molar refractivity (Wildman–Crippen MR) is 121 cm³/mol. The normalized spacial score (nSPS) is 18.9. The maximum Gasteiger partial charge on any atom is 0.263 e. The molecule has 1 amide bonds. The van der Waals surface area contributed by atoms with E-state index in [0.29, 0.717) is 58.2 Å². The topological polar surface area (TPSA) is 79.4 Å². The number of sulfonamides is 1. The van der Waals surface area contributed by atoms with Gasteiger partial charge >= 0.3 is 0 Å². The summed E-state index contributed by atoms with van der Waals surface area (Å²) in [6.07, 6.45) is -0.651. The number of carbonyl (C=O) groups is 1. The molecule has 2 fully saturated rings. The van der Waals surface area contributed by atoms with Crippen LogP contribution >= 0.6 is 0 Å². The molecule has 4 rings (SSSR count). The van der Waals surface area contributed by atoms with E-state index in [9.17, 15) is 13.2 Å². The van der Waals surface area contributed by atoms with Crippen LogP contribution < -0.4 is 9.64 Å². The van der Waals surface area contributed by atoms with Crippen molar-refractivity contribution in [1.29, 1.82) is 0 Å². The number of para-hydroxylation sites is 1. The van der Waals surface area contributed by atoms with E-state index >= 15 is 0 Å². The number of carbonyl (C=O) groups excluding carboxylic acids is 1. The van der Waals surface area contributed by atoms with Crippen LogP contribution in [0.5, 0.6) is 5.75 Å². The number of anilines is 1. The second kappa shape index (κ2) is 9.89. The molecule has 0 radical (unpaired) electrons. The van der Waals surface area contributed by atoms with Crippen molar-refractivity contribution in [3.05, 3.63) is 54.6 Å². The van der Waals surface area contributed by atoms with Gasteiger partial charge in [0.1, 0.15) is 5.75 Å². The smallest absolute Gasteiger partial charge is 0.263 e. The summed E-state index contributed by atoms with van der Waals surface area (Å²) in [5.41, 5.74) is 1.10. The zero-order valence-electron chi connectivity index (χ0n) is 18.2. The highest BCUT2D eigenvalue weighted by molar-refractivity contribution is 7.89. The molecule has 0 saturated carbocycles. The highest BCUT2D eigenvalue weighted by atomic mass is 32.2. The third-order valence-corrected chi connectivity index (χ3v) is 7.72. The Morgan fingerprint density at radius 2 is 1.53 bits per heavy atom. The number of benzene rings is 2. The Morgan fingerprint density at radius 3 is 2.16 bits per heavy atom. The predicted octanol–water partition coefficient (Wildman–Crippen LogP) is 1.82. The molecule has 2 aliphatic heterocycles. The fraction of sp³-hybridized carbons (Fsp3) is 0.435. The molecule has 0 unspecified atom stereocenters. The number of piperazine rings is 1. The fourth-order valence-corrected chi connectivity index (χ4v) is 5.38. The summed E-state index contributed by atoms with van der Waals surface area (Å²) in [5, 5.41) is 0. The monoisotopic (exact) mass is 459 g/mol. The third kappa shape index (κ3) is 5.06. The van der Waals surface area contributed by atoms with Gasteiger partial charge < -0.3 is 19.3 Å². The summed E-state index contributed by atoms with van der Waals surface area (Å²) < 4.78 is 38.7. The second-order valence-corrected chi connectivity index (χ2v) is 9.83. The van der Waals surface area contributed by atoms with Crippen LogP contribution in [0, 0.1) is 0 Å². The van der Waals surface area contributed by atoms with Crippen LogP contribution in [0.1, 0.15) is 6.92 Å². The molecular weight excluding hydrogens is 430 g/mol. The molecule has 0 bridgehead atoms. The van der Waals surface area contributed by atoms with Crippen molar-refractivity contribution in [2.45, 2.75) is 17.9 Å². The first-order valence-corrected chi connectivity index (χ1v) is 12.3. The molecule has 172 valence electrons. The minimum absolute atomic E-state index is 0.0960. The number of nitrogens with zero attached hydrogens (tertiary/aromatic N) is 3. The molecule has 0 aliphatic carbocycles. The van der Waals surface area contributed by atoms with Gasteiger partial charge in [-0.15, -0.1) is 0 Å². The van der Waals surface area contributed by atoms with E-state index in [1.165, 1.54) is 4.31 Å². The maximum atomic E-state index is 13.1. The third-order valence-electron chi connectivity index (χ3n) is 5.80. The number of hydrogen-bond donors (Lipinski definition) is 0. The first kappa shape index (κ1) is 22.6. The Balaban J connectivity index is 1.35. The van der Waals surface area contributed by atoms with Gasteiger partial charge in [-0.3, -0.25) is 4.79 Å². The number of ether oxygens (including phenoxy) is 2.